The predicted molar refractivity (Wildman–Crippen MR) is 114 cm³/mol. The summed E-state index contributed by atoms with van der Waals surface area (Å²) < 4.78 is 0. The van der Waals surface area contributed by atoms with Crippen molar-refractivity contribution in [3.63, 3.8) is 0 Å². The number of nitrogens with two attached hydrogens (primary N) is 3. The van der Waals surface area contributed by atoms with Gasteiger partial charge in [0, 0.05) is 18.8 Å². The highest BCUT2D eigenvalue weighted by molar-refractivity contribution is 7.80. The Bertz CT molecular complexity index is 671. The molecule has 0 aromatic carbocycles. The van der Waals surface area contributed by atoms with E-state index >= 15 is 0 Å². The number of aliphatic carboxylic acids is 1. The van der Waals surface area contributed by atoms with Crippen LogP contribution in [0.25, 0.3) is 0 Å². The number of carboxylic acid groups (broad SMARTS) is 1. The third kappa shape index (κ3) is 7.71. The Morgan fingerprint density at radius 1 is 1.27 bits per heavy atom. The van der Waals surface area contributed by atoms with Crippen molar-refractivity contribution < 1.29 is 24.3 Å². The first-order valence-electron chi connectivity index (χ1n) is 9.64. The van der Waals surface area contributed by atoms with Crippen molar-refractivity contribution in [3.8, 4) is 0 Å². The standard InChI is InChI=1S/C17H31N7O5S/c1-9(22-13(25)10(18)4-2-6-21-17(19)20)15(27)24-7-3-5-12(24)14(26)23-11(8-30)16(28)29/h9-12,30H,2-8,18H2,1H3,(H,22,25)(H,23,26)(H,28,29)(H4,19,20,21). The minimum absolute atomic E-state index is 0.0412. The lowest BCUT2D eigenvalue weighted by Crippen LogP contribution is -2.56. The van der Waals surface area contributed by atoms with Crippen LogP contribution >= 0.6 is 12.6 Å². The van der Waals surface area contributed by atoms with Gasteiger partial charge in [-0.25, -0.2) is 4.79 Å². The van der Waals surface area contributed by atoms with Gasteiger partial charge in [-0.15, -0.1) is 0 Å². The van der Waals surface area contributed by atoms with Crippen LogP contribution in [0.15, 0.2) is 4.99 Å². The van der Waals surface area contributed by atoms with E-state index < -0.39 is 47.9 Å². The first-order valence-corrected chi connectivity index (χ1v) is 10.3. The van der Waals surface area contributed by atoms with Crippen LogP contribution in [0.1, 0.15) is 32.6 Å². The van der Waals surface area contributed by atoms with Gasteiger partial charge < -0.3 is 37.8 Å². The molecule has 1 rings (SSSR count). The lowest BCUT2D eigenvalue weighted by atomic mass is 10.1. The van der Waals surface area contributed by atoms with Gasteiger partial charge in [0.05, 0.1) is 6.04 Å². The molecule has 0 aromatic heterocycles. The Balaban J connectivity index is 2.61. The van der Waals surface area contributed by atoms with Crippen LogP contribution in [0.3, 0.4) is 0 Å². The number of hydrogen-bond acceptors (Lipinski definition) is 7. The molecule has 12 nitrogen and oxygen atoms in total. The summed E-state index contributed by atoms with van der Waals surface area (Å²) in [6.45, 7) is 2.18. The van der Waals surface area contributed by atoms with Gasteiger partial charge in [0.1, 0.15) is 18.1 Å². The lowest BCUT2D eigenvalue weighted by Gasteiger charge is -2.28. The second-order valence-corrected chi connectivity index (χ2v) is 7.42. The third-order valence-corrected chi connectivity index (χ3v) is 5.03. The average molecular weight is 446 g/mol. The zero-order chi connectivity index (χ0) is 22.8. The molecule has 1 saturated heterocycles. The van der Waals surface area contributed by atoms with Crippen molar-refractivity contribution in [2.24, 2.45) is 22.2 Å². The first kappa shape index (κ1) is 25.5. The average Bonchev–Trinajstić information content (AvgIpc) is 3.17. The third-order valence-electron chi connectivity index (χ3n) is 4.67. The second kappa shape index (κ2) is 12.2. The molecule has 4 atom stereocenters. The second-order valence-electron chi connectivity index (χ2n) is 7.06. The Labute approximate surface area is 180 Å². The van der Waals surface area contributed by atoms with Crippen LogP contribution in [0.4, 0.5) is 0 Å². The van der Waals surface area contributed by atoms with Gasteiger partial charge in [-0.2, -0.15) is 12.6 Å². The van der Waals surface area contributed by atoms with Crippen LogP contribution in [-0.2, 0) is 19.2 Å². The van der Waals surface area contributed by atoms with Crippen LogP contribution in [0.5, 0.6) is 0 Å². The van der Waals surface area contributed by atoms with E-state index in [9.17, 15) is 19.2 Å². The zero-order valence-electron chi connectivity index (χ0n) is 16.9. The lowest BCUT2D eigenvalue weighted by molar-refractivity contribution is -0.144. The topological polar surface area (TPSA) is 206 Å². The highest BCUT2D eigenvalue weighted by atomic mass is 32.1. The van der Waals surface area contributed by atoms with Gasteiger partial charge in [-0.3, -0.25) is 19.4 Å². The minimum Gasteiger partial charge on any atom is -0.480 e. The summed E-state index contributed by atoms with van der Waals surface area (Å²) in [5.41, 5.74) is 16.3. The summed E-state index contributed by atoms with van der Waals surface area (Å²) in [5, 5.41) is 14.0. The molecular weight excluding hydrogens is 414 g/mol. The number of guanidine groups is 1. The molecular formula is C17H31N7O5S. The number of carboxylic acids is 1. The van der Waals surface area contributed by atoms with Gasteiger partial charge in [0.15, 0.2) is 5.96 Å². The SMILES string of the molecule is CC(NC(=O)C(N)CCCN=C(N)N)C(=O)N1CCCC1C(=O)NC(CS)C(=O)O. The Morgan fingerprint density at radius 3 is 2.50 bits per heavy atom. The van der Waals surface area contributed by atoms with Crippen molar-refractivity contribution in [1.82, 2.24) is 15.5 Å². The number of amides is 3. The molecule has 0 bridgehead atoms. The van der Waals surface area contributed by atoms with Crippen molar-refractivity contribution in [3.05, 3.63) is 0 Å². The summed E-state index contributed by atoms with van der Waals surface area (Å²) >= 11 is 3.91. The maximum Gasteiger partial charge on any atom is 0.327 e. The van der Waals surface area contributed by atoms with Crippen molar-refractivity contribution in [1.29, 1.82) is 0 Å². The zero-order valence-corrected chi connectivity index (χ0v) is 17.8. The number of likely N-dealkylation sites (tertiary alicyclic amines) is 1. The van der Waals surface area contributed by atoms with E-state index in [-0.39, 0.29) is 11.7 Å². The Hall–Kier alpha value is -2.54. The van der Waals surface area contributed by atoms with Crippen LogP contribution < -0.4 is 27.8 Å². The number of carbonyl (C=O) groups excluding carboxylic acids is 3. The molecule has 1 aliphatic rings. The number of hydrogen-bond donors (Lipinski definition) is 7. The fourth-order valence-electron chi connectivity index (χ4n) is 3.04. The van der Waals surface area contributed by atoms with E-state index in [2.05, 4.69) is 28.3 Å². The van der Waals surface area contributed by atoms with Crippen LogP contribution in [0, 0.1) is 0 Å². The summed E-state index contributed by atoms with van der Waals surface area (Å²) in [4.78, 5) is 53.7. The molecule has 0 radical (unpaired) electrons. The normalized spacial score (nSPS) is 18.8. The maximum absolute atomic E-state index is 12.8. The molecule has 3 amide bonds. The van der Waals surface area contributed by atoms with Crippen LogP contribution in [-0.4, -0.2) is 82.7 Å². The van der Waals surface area contributed by atoms with E-state index in [0.717, 1.165) is 0 Å². The minimum atomic E-state index is -1.20. The van der Waals surface area contributed by atoms with Gasteiger partial charge in [0.2, 0.25) is 17.7 Å². The number of carbonyl (C=O) groups is 4. The van der Waals surface area contributed by atoms with E-state index in [1.165, 1.54) is 11.8 Å². The molecule has 0 aromatic rings. The fraction of sp³-hybridized carbons (Fsp3) is 0.706. The quantitative estimate of drug-likeness (QED) is 0.0772. The fourth-order valence-corrected chi connectivity index (χ4v) is 3.29. The van der Waals surface area contributed by atoms with Gasteiger partial charge in [0.25, 0.3) is 0 Å². The number of nitrogens with one attached hydrogen (secondary N) is 2. The molecule has 13 heteroatoms. The summed E-state index contributed by atoms with van der Waals surface area (Å²) in [6, 6.07) is -3.67. The largest absolute Gasteiger partial charge is 0.480 e. The summed E-state index contributed by atoms with van der Waals surface area (Å²) in [6.07, 6.45) is 1.83. The number of nitrogens with zero attached hydrogens (tertiary/aromatic N) is 2. The molecule has 30 heavy (non-hydrogen) atoms. The maximum atomic E-state index is 12.8. The molecule has 0 spiro atoms. The summed E-state index contributed by atoms with van der Waals surface area (Å²) in [7, 11) is 0. The monoisotopic (exact) mass is 445 g/mol. The molecule has 170 valence electrons. The molecule has 0 aliphatic carbocycles. The Morgan fingerprint density at radius 2 is 1.93 bits per heavy atom. The molecule has 1 aliphatic heterocycles. The van der Waals surface area contributed by atoms with Gasteiger partial charge in [-0.05, 0) is 32.6 Å². The van der Waals surface area contributed by atoms with E-state index in [4.69, 9.17) is 22.3 Å². The molecule has 1 heterocycles. The molecule has 4 unspecified atom stereocenters. The molecule has 1 fully saturated rings. The molecule has 0 saturated carbocycles. The highest BCUT2D eigenvalue weighted by Crippen LogP contribution is 2.19. The highest BCUT2D eigenvalue weighted by Gasteiger charge is 2.37. The van der Waals surface area contributed by atoms with Gasteiger partial charge >= 0.3 is 5.97 Å². The summed E-state index contributed by atoms with van der Waals surface area (Å²) in [5.74, 6) is -2.82. The van der Waals surface area contributed by atoms with E-state index in [1.54, 1.807) is 0 Å². The number of aliphatic imine (C=N–C) groups is 1. The first-order chi connectivity index (χ1) is 14.1. The van der Waals surface area contributed by atoms with Crippen molar-refractivity contribution in [2.45, 2.75) is 56.8 Å². The number of rotatable bonds is 11. The Kier molecular flexibility index (Phi) is 10.4. The number of thiol groups is 1. The van der Waals surface area contributed by atoms with Crippen molar-refractivity contribution in [2.75, 3.05) is 18.8 Å². The van der Waals surface area contributed by atoms with Crippen LogP contribution in [0.2, 0.25) is 0 Å². The smallest absolute Gasteiger partial charge is 0.327 e. The van der Waals surface area contributed by atoms with Gasteiger partial charge in [-0.1, -0.05) is 0 Å². The van der Waals surface area contributed by atoms with Crippen molar-refractivity contribution >= 4 is 42.3 Å². The predicted octanol–water partition coefficient (Wildman–Crippen LogP) is -2.64. The van der Waals surface area contributed by atoms with E-state index in [1.807, 2.05) is 0 Å². The van der Waals surface area contributed by atoms with E-state index in [0.29, 0.717) is 38.8 Å². The molecule has 9 N–H and O–H groups in total.